The van der Waals surface area contributed by atoms with Gasteiger partial charge in [-0.05, 0) is 31.0 Å². The fourth-order valence-corrected chi connectivity index (χ4v) is 2.15. The fourth-order valence-electron chi connectivity index (χ4n) is 2.15. The van der Waals surface area contributed by atoms with E-state index >= 15 is 0 Å². The van der Waals surface area contributed by atoms with Crippen molar-refractivity contribution in [1.29, 1.82) is 0 Å². The van der Waals surface area contributed by atoms with E-state index in [2.05, 4.69) is 0 Å². The number of nitrogen functional groups attached to an aromatic ring is 1. The van der Waals surface area contributed by atoms with Gasteiger partial charge in [-0.25, -0.2) is 0 Å². The van der Waals surface area contributed by atoms with Gasteiger partial charge in [0.1, 0.15) is 0 Å². The summed E-state index contributed by atoms with van der Waals surface area (Å²) in [5.74, 6) is -0.215. The third-order valence-electron chi connectivity index (χ3n) is 2.73. The average Bonchev–Trinajstić information content (AvgIpc) is 2.43. The predicted molar refractivity (Wildman–Crippen MR) is 62.3 cm³/mol. The van der Waals surface area contributed by atoms with Crippen LogP contribution >= 0.6 is 0 Å². The minimum Gasteiger partial charge on any atom is -0.397 e. The van der Waals surface area contributed by atoms with Crippen molar-refractivity contribution in [3.63, 3.8) is 0 Å². The number of carbonyl (C=O) groups is 2. The SMILES string of the molecule is Cc1cc(C)c(N2CC(=O)CC2=O)c(N)c1. The highest BCUT2D eigenvalue weighted by Crippen LogP contribution is 2.31. The Kier molecular flexibility index (Phi) is 2.42. The minimum atomic E-state index is -0.163. The van der Waals surface area contributed by atoms with Crippen LogP contribution in [0.1, 0.15) is 17.5 Å². The molecule has 1 fully saturated rings. The number of nitrogens with two attached hydrogens (primary N) is 1. The smallest absolute Gasteiger partial charge is 0.234 e. The first kappa shape index (κ1) is 10.7. The van der Waals surface area contributed by atoms with E-state index in [1.807, 2.05) is 26.0 Å². The summed E-state index contributed by atoms with van der Waals surface area (Å²) in [6.45, 7) is 3.99. The Morgan fingerprint density at radius 3 is 2.44 bits per heavy atom. The van der Waals surface area contributed by atoms with Crippen molar-refractivity contribution in [2.24, 2.45) is 0 Å². The molecule has 0 saturated carbocycles. The zero-order chi connectivity index (χ0) is 11.9. The van der Waals surface area contributed by atoms with Gasteiger partial charge in [0.15, 0.2) is 5.78 Å². The maximum absolute atomic E-state index is 11.6. The molecular formula is C12H14N2O2. The van der Waals surface area contributed by atoms with E-state index in [4.69, 9.17) is 5.73 Å². The molecule has 84 valence electrons. The second kappa shape index (κ2) is 3.63. The molecule has 0 bridgehead atoms. The molecule has 1 aliphatic heterocycles. The molecule has 0 unspecified atom stereocenters. The van der Waals surface area contributed by atoms with E-state index in [0.29, 0.717) is 11.4 Å². The van der Waals surface area contributed by atoms with Gasteiger partial charge < -0.3 is 10.6 Å². The number of rotatable bonds is 1. The first-order valence-corrected chi connectivity index (χ1v) is 5.18. The molecule has 1 aromatic rings. The lowest BCUT2D eigenvalue weighted by atomic mass is 10.1. The molecule has 1 aromatic carbocycles. The number of Topliss-reactive ketones (excluding diaryl/α,β-unsaturated/α-hetero) is 1. The Morgan fingerprint density at radius 1 is 1.25 bits per heavy atom. The van der Waals surface area contributed by atoms with Gasteiger partial charge in [0, 0.05) is 0 Å². The highest BCUT2D eigenvalue weighted by atomic mass is 16.2. The van der Waals surface area contributed by atoms with Gasteiger partial charge in [0.2, 0.25) is 5.91 Å². The van der Waals surface area contributed by atoms with Crippen LogP contribution in [0.15, 0.2) is 12.1 Å². The van der Waals surface area contributed by atoms with E-state index in [1.165, 1.54) is 4.90 Å². The maximum atomic E-state index is 11.6. The van der Waals surface area contributed by atoms with Gasteiger partial charge >= 0.3 is 0 Å². The maximum Gasteiger partial charge on any atom is 0.234 e. The molecule has 4 nitrogen and oxygen atoms in total. The van der Waals surface area contributed by atoms with Crippen LogP contribution in [0.4, 0.5) is 11.4 Å². The lowest BCUT2D eigenvalue weighted by molar-refractivity contribution is -0.121. The summed E-state index contributed by atoms with van der Waals surface area (Å²) in [4.78, 5) is 24.3. The molecule has 1 aliphatic rings. The van der Waals surface area contributed by atoms with E-state index in [-0.39, 0.29) is 24.7 Å². The standard InChI is InChI=1S/C12H14N2O2/c1-7-3-8(2)12(10(13)4-7)14-6-9(15)5-11(14)16/h3-4H,5-6,13H2,1-2H3. The summed E-state index contributed by atoms with van der Waals surface area (Å²) in [5.41, 5.74) is 9.13. The molecule has 1 amide bonds. The second-order valence-electron chi connectivity index (χ2n) is 4.21. The van der Waals surface area contributed by atoms with Crippen molar-refractivity contribution in [3.8, 4) is 0 Å². The Bertz CT molecular complexity index is 457. The van der Waals surface area contributed by atoms with Gasteiger partial charge in [-0.2, -0.15) is 0 Å². The van der Waals surface area contributed by atoms with Crippen LogP contribution < -0.4 is 10.6 Å². The summed E-state index contributed by atoms with van der Waals surface area (Å²) >= 11 is 0. The third-order valence-corrected chi connectivity index (χ3v) is 2.73. The monoisotopic (exact) mass is 218 g/mol. The number of hydrogen-bond donors (Lipinski definition) is 1. The van der Waals surface area contributed by atoms with Crippen LogP contribution in [0.2, 0.25) is 0 Å². The number of amides is 1. The molecular weight excluding hydrogens is 204 g/mol. The molecule has 0 aliphatic carbocycles. The zero-order valence-electron chi connectivity index (χ0n) is 9.41. The summed E-state index contributed by atoms with van der Waals surface area (Å²) < 4.78 is 0. The number of benzene rings is 1. The molecule has 1 saturated heterocycles. The van der Waals surface area contributed by atoms with Crippen molar-refractivity contribution in [1.82, 2.24) is 0 Å². The van der Waals surface area contributed by atoms with E-state index < -0.39 is 0 Å². The zero-order valence-corrected chi connectivity index (χ0v) is 9.41. The number of nitrogens with zero attached hydrogens (tertiary/aromatic N) is 1. The minimum absolute atomic E-state index is 0.00719. The largest absolute Gasteiger partial charge is 0.397 e. The van der Waals surface area contributed by atoms with Crippen molar-refractivity contribution in [3.05, 3.63) is 23.3 Å². The van der Waals surface area contributed by atoms with Gasteiger partial charge in [-0.3, -0.25) is 9.59 Å². The van der Waals surface area contributed by atoms with Crippen LogP contribution in [0, 0.1) is 13.8 Å². The Hall–Kier alpha value is -1.84. The highest BCUT2D eigenvalue weighted by Gasteiger charge is 2.30. The Balaban J connectivity index is 2.48. The quantitative estimate of drug-likeness (QED) is 0.569. The summed E-state index contributed by atoms with van der Waals surface area (Å²) in [6, 6.07) is 3.78. The number of ketones is 1. The second-order valence-corrected chi connectivity index (χ2v) is 4.21. The van der Waals surface area contributed by atoms with Crippen molar-refractivity contribution in [2.45, 2.75) is 20.3 Å². The van der Waals surface area contributed by atoms with Crippen molar-refractivity contribution >= 4 is 23.1 Å². The van der Waals surface area contributed by atoms with Gasteiger partial charge in [-0.1, -0.05) is 6.07 Å². The molecule has 0 spiro atoms. The number of aryl methyl sites for hydroxylation is 2. The van der Waals surface area contributed by atoms with Crippen LogP contribution in [0.25, 0.3) is 0 Å². The topological polar surface area (TPSA) is 63.4 Å². The molecule has 0 atom stereocenters. The average molecular weight is 218 g/mol. The van der Waals surface area contributed by atoms with E-state index in [9.17, 15) is 9.59 Å². The van der Waals surface area contributed by atoms with Gasteiger partial charge in [-0.15, -0.1) is 0 Å². The van der Waals surface area contributed by atoms with Gasteiger partial charge in [0.05, 0.1) is 24.3 Å². The highest BCUT2D eigenvalue weighted by molar-refractivity contribution is 6.16. The molecule has 16 heavy (non-hydrogen) atoms. The van der Waals surface area contributed by atoms with Gasteiger partial charge in [0.25, 0.3) is 0 Å². The molecule has 0 radical (unpaired) electrons. The molecule has 0 aromatic heterocycles. The van der Waals surface area contributed by atoms with Crippen molar-refractivity contribution in [2.75, 3.05) is 17.2 Å². The Morgan fingerprint density at radius 2 is 1.94 bits per heavy atom. The van der Waals surface area contributed by atoms with Crippen LogP contribution in [-0.4, -0.2) is 18.2 Å². The van der Waals surface area contributed by atoms with E-state index in [1.54, 1.807) is 0 Å². The summed E-state index contributed by atoms with van der Waals surface area (Å²) in [5, 5.41) is 0. The molecule has 1 heterocycles. The molecule has 4 heteroatoms. The normalized spacial score (nSPS) is 16.0. The molecule has 2 N–H and O–H groups in total. The first-order chi connectivity index (χ1) is 7.49. The van der Waals surface area contributed by atoms with Crippen LogP contribution in [0.5, 0.6) is 0 Å². The number of anilines is 2. The summed E-state index contributed by atoms with van der Waals surface area (Å²) in [7, 11) is 0. The fraction of sp³-hybridized carbons (Fsp3) is 0.333. The number of carbonyl (C=O) groups excluding carboxylic acids is 2. The predicted octanol–water partition coefficient (Wildman–Crippen LogP) is 1.19. The lowest BCUT2D eigenvalue weighted by Crippen LogP contribution is -2.26. The van der Waals surface area contributed by atoms with E-state index in [0.717, 1.165) is 11.1 Å². The molecule has 2 rings (SSSR count). The first-order valence-electron chi connectivity index (χ1n) is 5.18. The van der Waals surface area contributed by atoms with Crippen LogP contribution in [-0.2, 0) is 9.59 Å². The Labute approximate surface area is 94.0 Å². The van der Waals surface area contributed by atoms with Crippen molar-refractivity contribution < 1.29 is 9.59 Å². The third kappa shape index (κ3) is 1.66. The number of hydrogen-bond acceptors (Lipinski definition) is 3. The lowest BCUT2D eigenvalue weighted by Gasteiger charge is -2.20. The summed E-state index contributed by atoms with van der Waals surface area (Å²) in [6.07, 6.45) is -0.00719. The van der Waals surface area contributed by atoms with Crippen LogP contribution in [0.3, 0.4) is 0 Å².